The van der Waals surface area contributed by atoms with Gasteiger partial charge in [-0.15, -0.1) is 0 Å². The van der Waals surface area contributed by atoms with Crippen molar-refractivity contribution >= 4 is 46.5 Å². The van der Waals surface area contributed by atoms with Crippen molar-refractivity contribution in [3.8, 4) is 23.0 Å². The first-order valence-corrected chi connectivity index (χ1v) is 16.0. The molecule has 0 atom stereocenters. The zero-order chi connectivity index (χ0) is 21.3. The molecule has 170 valence electrons. The van der Waals surface area contributed by atoms with Crippen molar-refractivity contribution in [2.45, 2.75) is 0 Å². The summed E-state index contributed by atoms with van der Waals surface area (Å²) in [4.78, 5) is 19.1. The van der Waals surface area contributed by atoms with E-state index in [1.165, 1.54) is 0 Å². The summed E-state index contributed by atoms with van der Waals surface area (Å²) in [6, 6.07) is 24.3. The second kappa shape index (κ2) is 10.8. The first-order valence-electron chi connectivity index (χ1n) is 10.00. The molecule has 6 aromatic rings. The second-order valence-electron chi connectivity index (χ2n) is 6.99. The van der Waals surface area contributed by atoms with Gasteiger partial charge in [-0.1, -0.05) is 0 Å². The van der Waals surface area contributed by atoms with E-state index < -0.39 is 0 Å². The zero-order valence-electron chi connectivity index (χ0n) is 17.4. The second-order valence-corrected chi connectivity index (χ2v) is 12.9. The van der Waals surface area contributed by atoms with Gasteiger partial charge in [-0.25, -0.2) is 0 Å². The molecule has 0 N–H and O–H groups in total. The SMILES string of the molecule is [Cl-].[Ni+2].c1ccc(-c2nc([Se][Se]c3nc(-c4ccccn4)n4ccccc34)c3ccccn23)nc1. The van der Waals surface area contributed by atoms with Gasteiger partial charge in [0.25, 0.3) is 0 Å². The van der Waals surface area contributed by atoms with Crippen molar-refractivity contribution in [1.29, 1.82) is 0 Å². The first-order chi connectivity index (χ1) is 15.9. The van der Waals surface area contributed by atoms with Gasteiger partial charge in [-0.2, -0.15) is 0 Å². The third kappa shape index (κ3) is 4.56. The molecule has 6 rings (SSSR count). The molecule has 0 unspecified atom stereocenters. The van der Waals surface area contributed by atoms with Gasteiger partial charge >= 0.3 is 212 Å². The summed E-state index contributed by atoms with van der Waals surface area (Å²) < 4.78 is 6.55. The van der Waals surface area contributed by atoms with E-state index in [9.17, 15) is 0 Å². The number of hydrogen-bond acceptors (Lipinski definition) is 4. The number of halogens is 1. The standard InChI is InChI=1S/C24H16N6Se2.ClH.Ni/c1-5-13-25-17(9-1)21-27-23(19-11-3-7-15-29(19)21)31-32-24-20-12-4-8-16-30(20)22(28-24)18-10-2-6-14-26-18;;/h1-16H;1H;/q;;+2/p-1. The van der Waals surface area contributed by atoms with E-state index in [2.05, 4.69) is 55.4 Å². The Balaban J connectivity index is 0.00000137. The van der Waals surface area contributed by atoms with Gasteiger partial charge in [0.15, 0.2) is 0 Å². The van der Waals surface area contributed by atoms with Gasteiger partial charge in [0.2, 0.25) is 0 Å². The number of nitrogens with zero attached hydrogens (tertiary/aromatic N) is 6. The third-order valence-corrected chi connectivity index (χ3v) is 11.5. The first kappa shape index (κ1) is 24.6. The fraction of sp³-hybridized carbons (Fsp3) is 0. The predicted molar refractivity (Wildman–Crippen MR) is 128 cm³/mol. The average molecular weight is 640 g/mol. The van der Waals surface area contributed by atoms with Crippen molar-refractivity contribution in [1.82, 2.24) is 28.7 Å². The van der Waals surface area contributed by atoms with Crippen LogP contribution in [-0.2, 0) is 16.5 Å². The molecule has 6 heterocycles. The van der Waals surface area contributed by atoms with Gasteiger partial charge in [-0.3, -0.25) is 0 Å². The van der Waals surface area contributed by atoms with Gasteiger partial charge in [-0.05, 0) is 0 Å². The van der Waals surface area contributed by atoms with Crippen LogP contribution >= 0.6 is 0 Å². The molecule has 0 saturated heterocycles. The Kier molecular flexibility index (Phi) is 7.85. The van der Waals surface area contributed by atoms with E-state index in [1.54, 1.807) is 0 Å². The van der Waals surface area contributed by atoms with Crippen molar-refractivity contribution in [2.75, 3.05) is 0 Å². The summed E-state index contributed by atoms with van der Waals surface area (Å²) in [5.41, 5.74) is 4.05. The summed E-state index contributed by atoms with van der Waals surface area (Å²) >= 11 is 0.331. The van der Waals surface area contributed by atoms with Crippen LogP contribution in [0.1, 0.15) is 0 Å². The van der Waals surface area contributed by atoms with Gasteiger partial charge in [0, 0.05) is 0 Å². The van der Waals surface area contributed by atoms with Crippen LogP contribution in [0.4, 0.5) is 0 Å². The Morgan fingerprint density at radius 3 is 1.41 bits per heavy atom. The van der Waals surface area contributed by atoms with Gasteiger partial charge < -0.3 is 12.4 Å². The van der Waals surface area contributed by atoms with E-state index in [0.717, 1.165) is 43.3 Å². The number of fused-ring (bicyclic) bond motifs is 2. The monoisotopic (exact) mass is 641 g/mol. The zero-order valence-corrected chi connectivity index (χ0v) is 22.6. The minimum absolute atomic E-state index is 0. The van der Waals surface area contributed by atoms with E-state index in [0.29, 0.717) is 0 Å². The summed E-state index contributed by atoms with van der Waals surface area (Å²) in [5.74, 6) is 1.77. The Hall–Kier alpha value is -2.50. The molecule has 6 nitrogen and oxygen atoms in total. The molecule has 0 amide bonds. The van der Waals surface area contributed by atoms with Crippen LogP contribution in [0, 0.1) is 0 Å². The minimum atomic E-state index is 0. The maximum absolute atomic E-state index is 5.02. The fourth-order valence-corrected chi connectivity index (χ4v) is 9.87. The number of rotatable bonds is 5. The van der Waals surface area contributed by atoms with Crippen LogP contribution in [0.25, 0.3) is 34.1 Å². The third-order valence-electron chi connectivity index (χ3n) is 5.02. The Labute approximate surface area is 223 Å². The Morgan fingerprint density at radius 1 is 0.559 bits per heavy atom. The van der Waals surface area contributed by atoms with Crippen LogP contribution in [0.3, 0.4) is 0 Å². The quantitative estimate of drug-likeness (QED) is 0.236. The van der Waals surface area contributed by atoms with Crippen LogP contribution in [0.5, 0.6) is 0 Å². The normalized spacial score (nSPS) is 10.7. The van der Waals surface area contributed by atoms with Crippen molar-refractivity contribution in [2.24, 2.45) is 0 Å². The molecule has 6 aromatic heterocycles. The molecular weight excluding hydrogens is 624 g/mol. The summed E-state index contributed by atoms with van der Waals surface area (Å²) in [6.45, 7) is 0. The molecule has 0 fully saturated rings. The molecule has 0 aromatic carbocycles. The van der Waals surface area contributed by atoms with Crippen molar-refractivity contribution in [3.05, 3.63) is 97.6 Å². The van der Waals surface area contributed by atoms with E-state index in [-0.39, 0.29) is 55.2 Å². The molecule has 0 aliphatic carbocycles. The van der Waals surface area contributed by atoms with E-state index in [1.807, 2.05) is 60.9 Å². The van der Waals surface area contributed by atoms with Crippen LogP contribution in [0.2, 0.25) is 0 Å². The Morgan fingerprint density at radius 2 is 1.00 bits per heavy atom. The van der Waals surface area contributed by atoms with Crippen LogP contribution in [0.15, 0.2) is 97.6 Å². The maximum atomic E-state index is 5.02. The Bertz CT molecular complexity index is 1420. The van der Waals surface area contributed by atoms with Crippen LogP contribution in [-0.4, -0.2) is 55.0 Å². The van der Waals surface area contributed by atoms with Gasteiger partial charge in [0.05, 0.1) is 0 Å². The number of aromatic nitrogens is 6. The summed E-state index contributed by atoms with van der Waals surface area (Å²) in [5, 5.41) is 0. The molecule has 0 saturated carbocycles. The summed E-state index contributed by atoms with van der Waals surface area (Å²) in [7, 11) is 0. The topological polar surface area (TPSA) is 60.4 Å². The van der Waals surface area contributed by atoms with Crippen molar-refractivity contribution < 1.29 is 28.9 Å². The molecule has 0 bridgehead atoms. The molecular formula is C24H16ClN6NiSe2+. The van der Waals surface area contributed by atoms with E-state index in [4.69, 9.17) is 9.97 Å². The van der Waals surface area contributed by atoms with Gasteiger partial charge in [0.1, 0.15) is 0 Å². The molecule has 10 heteroatoms. The van der Waals surface area contributed by atoms with E-state index >= 15 is 0 Å². The molecule has 34 heavy (non-hydrogen) atoms. The number of imidazole rings is 2. The fourth-order valence-electron chi connectivity index (χ4n) is 3.57. The van der Waals surface area contributed by atoms with Crippen LogP contribution < -0.4 is 21.6 Å². The number of pyridine rings is 4. The summed E-state index contributed by atoms with van der Waals surface area (Å²) in [6.07, 6.45) is 7.74. The molecule has 0 aliphatic rings. The molecule has 0 radical (unpaired) electrons. The van der Waals surface area contributed by atoms with Crippen molar-refractivity contribution in [3.63, 3.8) is 0 Å². The average Bonchev–Trinajstić information content (AvgIpc) is 3.43. The molecule has 0 aliphatic heterocycles. The molecule has 0 spiro atoms. The number of hydrogen-bond donors (Lipinski definition) is 0. The predicted octanol–water partition coefficient (Wildman–Crippen LogP) is -0.618.